The predicted molar refractivity (Wildman–Crippen MR) is 117 cm³/mol. The zero-order valence-electron chi connectivity index (χ0n) is 18.2. The third-order valence-corrected chi connectivity index (χ3v) is 5.63. The van der Waals surface area contributed by atoms with E-state index < -0.39 is 0 Å². The number of hydrogen-bond donors (Lipinski definition) is 2. The molecule has 1 aromatic carbocycles. The number of likely N-dealkylation sites (N-methyl/N-ethyl adjacent to an activating group) is 1. The molecule has 0 aliphatic heterocycles. The van der Waals surface area contributed by atoms with Gasteiger partial charge in [0.2, 0.25) is 0 Å². The summed E-state index contributed by atoms with van der Waals surface area (Å²) in [5, 5.41) is 6.88. The second-order valence-corrected chi connectivity index (χ2v) is 8.13. The van der Waals surface area contributed by atoms with Crippen molar-refractivity contribution in [3.05, 3.63) is 35.4 Å². The Morgan fingerprint density at radius 3 is 2.25 bits per heavy atom. The van der Waals surface area contributed by atoms with Gasteiger partial charge in [-0.15, -0.1) is 0 Å². The van der Waals surface area contributed by atoms with E-state index in [1.54, 1.807) is 26.0 Å². The number of nitrogens with one attached hydrogen (secondary N) is 2. The van der Waals surface area contributed by atoms with E-state index in [1.807, 2.05) is 24.3 Å². The molecule has 2 rings (SSSR count). The molecule has 1 aromatic rings. The Morgan fingerprint density at radius 2 is 1.71 bits per heavy atom. The summed E-state index contributed by atoms with van der Waals surface area (Å²) in [5.74, 6) is 1.60. The number of hydrogen-bond acceptors (Lipinski definition) is 3. The van der Waals surface area contributed by atoms with Gasteiger partial charge in [-0.2, -0.15) is 0 Å². The second-order valence-electron chi connectivity index (χ2n) is 8.13. The Morgan fingerprint density at radius 1 is 1.07 bits per heavy atom. The fraction of sp³-hybridized carbons (Fsp3) is 0.636. The van der Waals surface area contributed by atoms with Gasteiger partial charge >= 0.3 is 0 Å². The highest BCUT2D eigenvalue weighted by molar-refractivity contribution is 5.93. The van der Waals surface area contributed by atoms with Crippen LogP contribution in [-0.2, 0) is 6.54 Å². The van der Waals surface area contributed by atoms with Crippen LogP contribution in [0.25, 0.3) is 0 Å². The molecule has 0 saturated heterocycles. The molecule has 0 heterocycles. The molecule has 1 unspecified atom stereocenters. The first-order valence-corrected chi connectivity index (χ1v) is 10.3. The third kappa shape index (κ3) is 6.51. The van der Waals surface area contributed by atoms with Gasteiger partial charge in [0.05, 0.1) is 0 Å². The third-order valence-electron chi connectivity index (χ3n) is 5.63. The van der Waals surface area contributed by atoms with Crippen molar-refractivity contribution >= 4 is 11.9 Å². The fourth-order valence-corrected chi connectivity index (χ4v) is 3.92. The lowest BCUT2D eigenvalue weighted by Gasteiger charge is -2.35. The van der Waals surface area contributed by atoms with Crippen LogP contribution in [0.5, 0.6) is 0 Å². The van der Waals surface area contributed by atoms with Crippen molar-refractivity contribution in [2.45, 2.75) is 44.7 Å². The number of carbonyl (C=O) groups excluding carboxylic acids is 1. The van der Waals surface area contributed by atoms with Crippen LogP contribution in [0.3, 0.4) is 0 Å². The summed E-state index contributed by atoms with van der Waals surface area (Å²) in [6.45, 7) is 1.57. The van der Waals surface area contributed by atoms with Crippen molar-refractivity contribution < 1.29 is 4.79 Å². The second kappa shape index (κ2) is 11.1. The van der Waals surface area contributed by atoms with Gasteiger partial charge in [-0.05, 0) is 50.6 Å². The number of amides is 1. The minimum atomic E-state index is 0.0226. The SMILES string of the molecule is CN=C(NCc1ccc(C(=O)N(C)C)cc1)NCC(C1CCCCC1)N(C)C. The molecule has 1 saturated carbocycles. The number of rotatable bonds is 7. The topological polar surface area (TPSA) is 60.0 Å². The first-order chi connectivity index (χ1) is 13.4. The molecule has 1 amide bonds. The first-order valence-electron chi connectivity index (χ1n) is 10.3. The van der Waals surface area contributed by atoms with Gasteiger partial charge in [0.25, 0.3) is 5.91 Å². The Balaban J connectivity index is 1.85. The van der Waals surface area contributed by atoms with E-state index in [-0.39, 0.29) is 5.91 Å². The van der Waals surface area contributed by atoms with E-state index in [1.165, 1.54) is 32.1 Å². The molecule has 0 aromatic heterocycles. The van der Waals surface area contributed by atoms with Gasteiger partial charge in [0, 0.05) is 45.8 Å². The van der Waals surface area contributed by atoms with Crippen molar-refractivity contribution in [1.29, 1.82) is 0 Å². The van der Waals surface area contributed by atoms with Crippen LogP contribution in [0.4, 0.5) is 0 Å². The standard InChI is InChI=1S/C22H37N5O/c1-23-22(25-16-20(26(2)3)18-9-7-6-8-10-18)24-15-17-11-13-19(14-12-17)21(28)27(4)5/h11-14,18,20H,6-10,15-16H2,1-5H3,(H2,23,24,25). The predicted octanol–water partition coefficient (Wildman–Crippen LogP) is 2.56. The Kier molecular flexibility index (Phi) is 8.77. The highest BCUT2D eigenvalue weighted by Crippen LogP contribution is 2.28. The maximum absolute atomic E-state index is 12.0. The summed E-state index contributed by atoms with van der Waals surface area (Å²) in [6.07, 6.45) is 6.75. The largest absolute Gasteiger partial charge is 0.355 e. The van der Waals surface area contributed by atoms with Crippen molar-refractivity contribution in [2.75, 3.05) is 41.8 Å². The quantitative estimate of drug-likeness (QED) is 0.558. The van der Waals surface area contributed by atoms with Crippen molar-refractivity contribution in [2.24, 2.45) is 10.9 Å². The normalized spacial score (nSPS) is 16.7. The lowest BCUT2D eigenvalue weighted by Crippen LogP contribution is -2.48. The lowest BCUT2D eigenvalue weighted by atomic mass is 9.83. The molecule has 6 nitrogen and oxygen atoms in total. The van der Waals surface area contributed by atoms with Crippen molar-refractivity contribution in [3.63, 3.8) is 0 Å². The van der Waals surface area contributed by atoms with Gasteiger partial charge < -0.3 is 20.4 Å². The Bertz CT molecular complexity index is 633. The number of nitrogens with zero attached hydrogens (tertiary/aromatic N) is 3. The minimum Gasteiger partial charge on any atom is -0.355 e. The summed E-state index contributed by atoms with van der Waals surface area (Å²) in [7, 11) is 9.68. The maximum atomic E-state index is 12.0. The van der Waals surface area contributed by atoms with Crippen LogP contribution in [0.1, 0.15) is 48.0 Å². The lowest BCUT2D eigenvalue weighted by molar-refractivity contribution is 0.0827. The number of benzene rings is 1. The summed E-state index contributed by atoms with van der Waals surface area (Å²) in [4.78, 5) is 20.3. The molecule has 0 spiro atoms. The van der Waals surface area contributed by atoms with Crippen LogP contribution in [0.2, 0.25) is 0 Å². The molecule has 0 radical (unpaired) electrons. The maximum Gasteiger partial charge on any atom is 0.253 e. The molecule has 0 bridgehead atoms. The molecule has 1 atom stereocenters. The van der Waals surface area contributed by atoms with E-state index in [4.69, 9.17) is 0 Å². The molecule has 28 heavy (non-hydrogen) atoms. The van der Waals surface area contributed by atoms with Crippen LogP contribution >= 0.6 is 0 Å². The van der Waals surface area contributed by atoms with Crippen LogP contribution in [0, 0.1) is 5.92 Å². The Hall–Kier alpha value is -2.08. The summed E-state index contributed by atoms with van der Waals surface area (Å²) >= 11 is 0. The molecule has 1 aliphatic carbocycles. The average Bonchev–Trinajstić information content (AvgIpc) is 2.70. The van der Waals surface area contributed by atoms with E-state index >= 15 is 0 Å². The van der Waals surface area contributed by atoms with Gasteiger partial charge in [-0.3, -0.25) is 9.79 Å². The van der Waals surface area contributed by atoms with Crippen LogP contribution in [0.15, 0.2) is 29.3 Å². The van der Waals surface area contributed by atoms with Crippen LogP contribution < -0.4 is 10.6 Å². The van der Waals surface area contributed by atoms with Crippen molar-refractivity contribution in [3.8, 4) is 0 Å². The van der Waals surface area contributed by atoms with Gasteiger partial charge in [0.1, 0.15) is 0 Å². The van der Waals surface area contributed by atoms with Crippen molar-refractivity contribution in [1.82, 2.24) is 20.4 Å². The van der Waals surface area contributed by atoms with E-state index in [0.717, 1.165) is 24.0 Å². The van der Waals surface area contributed by atoms with Gasteiger partial charge in [-0.25, -0.2) is 0 Å². The monoisotopic (exact) mass is 387 g/mol. The van der Waals surface area contributed by atoms with E-state index in [2.05, 4.69) is 34.6 Å². The van der Waals surface area contributed by atoms with E-state index in [0.29, 0.717) is 18.2 Å². The van der Waals surface area contributed by atoms with Gasteiger partial charge in [0.15, 0.2) is 5.96 Å². The molecule has 1 fully saturated rings. The minimum absolute atomic E-state index is 0.0226. The molecule has 2 N–H and O–H groups in total. The smallest absolute Gasteiger partial charge is 0.253 e. The zero-order chi connectivity index (χ0) is 20.5. The summed E-state index contributed by atoms with van der Waals surface area (Å²) in [5.41, 5.74) is 1.83. The summed E-state index contributed by atoms with van der Waals surface area (Å²) < 4.78 is 0. The van der Waals surface area contributed by atoms with E-state index in [9.17, 15) is 4.79 Å². The zero-order valence-corrected chi connectivity index (χ0v) is 18.2. The Labute approximate surface area is 170 Å². The average molecular weight is 388 g/mol. The molecule has 156 valence electrons. The fourth-order valence-electron chi connectivity index (χ4n) is 3.92. The number of carbonyl (C=O) groups is 1. The molecule has 6 heteroatoms. The molecular weight excluding hydrogens is 350 g/mol. The number of guanidine groups is 1. The number of aliphatic imine (C=N–C) groups is 1. The molecule has 1 aliphatic rings. The first kappa shape index (κ1) is 22.2. The highest BCUT2D eigenvalue weighted by Gasteiger charge is 2.25. The molecular formula is C22H37N5O. The highest BCUT2D eigenvalue weighted by atomic mass is 16.2. The van der Waals surface area contributed by atoms with Crippen LogP contribution in [-0.4, -0.2) is 69.5 Å². The van der Waals surface area contributed by atoms with Gasteiger partial charge in [-0.1, -0.05) is 31.4 Å². The summed E-state index contributed by atoms with van der Waals surface area (Å²) in [6, 6.07) is 8.25.